The van der Waals surface area contributed by atoms with E-state index in [9.17, 15) is 28.5 Å². The number of furan rings is 1. The average molecular weight is 745 g/mol. The summed E-state index contributed by atoms with van der Waals surface area (Å²) in [6, 6.07) is 12.7. The van der Waals surface area contributed by atoms with Crippen LogP contribution in [-0.4, -0.2) is 77.7 Å². The molecule has 0 radical (unpaired) electrons. The van der Waals surface area contributed by atoms with E-state index in [0.29, 0.717) is 37.0 Å². The highest BCUT2D eigenvalue weighted by atomic mass is 31.2. The molecule has 3 aromatic rings. The van der Waals surface area contributed by atoms with Gasteiger partial charge in [0.15, 0.2) is 5.76 Å². The number of carbonyl (C=O) groups excluding carboxylic acids is 5. The number of unbranched alkanes of at least 4 members (excludes halogenated alkanes) is 2. The van der Waals surface area contributed by atoms with Gasteiger partial charge in [-0.1, -0.05) is 39.2 Å². The van der Waals surface area contributed by atoms with Crippen molar-refractivity contribution >= 4 is 37.7 Å². The standard InChI is InChI=1S/C35H45N4O12P/c1-5-8-9-10-26(28(6-2)39(22-40)51-35(44)23-11-14-25(48-4)15-12-23)32(41)36-20-37-34(43)30-18-17-29(50-30)24-13-16-27(31(19-24)49-7-3)33(42)38-21-52(45,46)47/h11-19,22,26,28H,5-10,20-21H2,1-4H3,(H,36,41)(H,37,43)(H,38,42)(H2,45,46,47)/t26-,28-/m1/s1. The molecule has 0 fully saturated rings. The molecular formula is C35H45N4O12P. The van der Waals surface area contributed by atoms with Crippen molar-refractivity contribution in [2.75, 3.05) is 26.7 Å². The Kier molecular flexibility index (Phi) is 15.9. The van der Waals surface area contributed by atoms with E-state index in [1.165, 1.54) is 49.6 Å². The van der Waals surface area contributed by atoms with Crippen molar-refractivity contribution in [3.63, 3.8) is 0 Å². The van der Waals surface area contributed by atoms with Crippen molar-refractivity contribution in [3.05, 3.63) is 71.5 Å². The van der Waals surface area contributed by atoms with Gasteiger partial charge in [-0.15, -0.1) is 0 Å². The van der Waals surface area contributed by atoms with Crippen molar-refractivity contribution in [1.82, 2.24) is 21.0 Å². The van der Waals surface area contributed by atoms with E-state index in [4.69, 9.17) is 28.5 Å². The largest absolute Gasteiger partial charge is 0.497 e. The molecule has 0 saturated carbocycles. The number of hydrogen-bond donors (Lipinski definition) is 5. The van der Waals surface area contributed by atoms with Gasteiger partial charge in [0.1, 0.15) is 23.5 Å². The normalized spacial score (nSPS) is 12.2. The zero-order valence-corrected chi connectivity index (χ0v) is 30.4. The lowest BCUT2D eigenvalue weighted by Gasteiger charge is -2.31. The van der Waals surface area contributed by atoms with Gasteiger partial charge in [-0.2, -0.15) is 5.06 Å². The Morgan fingerprint density at radius 2 is 1.67 bits per heavy atom. The fourth-order valence-corrected chi connectivity index (χ4v) is 5.60. The summed E-state index contributed by atoms with van der Waals surface area (Å²) in [5.41, 5.74) is 0.688. The van der Waals surface area contributed by atoms with E-state index in [2.05, 4.69) is 16.0 Å². The summed E-state index contributed by atoms with van der Waals surface area (Å²) < 4.78 is 27.6. The molecule has 0 aliphatic carbocycles. The zero-order valence-electron chi connectivity index (χ0n) is 29.5. The molecule has 1 heterocycles. The molecule has 0 saturated heterocycles. The average Bonchev–Trinajstić information content (AvgIpc) is 3.63. The number of nitrogens with one attached hydrogen (secondary N) is 3. The number of carbonyl (C=O) groups is 5. The third-order valence-corrected chi connectivity index (χ3v) is 8.45. The van der Waals surface area contributed by atoms with E-state index in [-0.39, 0.29) is 41.7 Å². The maximum atomic E-state index is 13.5. The van der Waals surface area contributed by atoms with E-state index in [1.54, 1.807) is 26.0 Å². The Morgan fingerprint density at radius 1 is 0.942 bits per heavy atom. The molecule has 17 heteroatoms. The van der Waals surface area contributed by atoms with Crippen molar-refractivity contribution in [2.24, 2.45) is 5.92 Å². The Labute approximate surface area is 301 Å². The predicted molar refractivity (Wildman–Crippen MR) is 188 cm³/mol. The second kappa shape index (κ2) is 20.0. The predicted octanol–water partition coefficient (Wildman–Crippen LogP) is 4.23. The summed E-state index contributed by atoms with van der Waals surface area (Å²) in [4.78, 5) is 87.5. The van der Waals surface area contributed by atoms with Crippen LogP contribution in [0.4, 0.5) is 0 Å². The van der Waals surface area contributed by atoms with Crippen LogP contribution in [0.3, 0.4) is 0 Å². The van der Waals surface area contributed by atoms with E-state index in [0.717, 1.165) is 17.9 Å². The van der Waals surface area contributed by atoms with Crippen LogP contribution in [0.1, 0.15) is 84.1 Å². The van der Waals surface area contributed by atoms with Crippen LogP contribution in [0.15, 0.2) is 59.0 Å². The summed E-state index contributed by atoms with van der Waals surface area (Å²) >= 11 is 0. The van der Waals surface area contributed by atoms with Crippen molar-refractivity contribution < 1.29 is 57.1 Å². The lowest BCUT2D eigenvalue weighted by molar-refractivity contribution is -0.171. The van der Waals surface area contributed by atoms with Crippen molar-refractivity contribution in [3.8, 4) is 22.8 Å². The summed E-state index contributed by atoms with van der Waals surface area (Å²) in [6.45, 7) is 5.41. The maximum absolute atomic E-state index is 13.5. The van der Waals surface area contributed by atoms with Gasteiger partial charge in [0.05, 0.1) is 43.5 Å². The molecule has 3 rings (SSSR count). The van der Waals surface area contributed by atoms with Gasteiger partial charge in [0.2, 0.25) is 12.3 Å². The van der Waals surface area contributed by atoms with E-state index >= 15 is 0 Å². The van der Waals surface area contributed by atoms with Crippen LogP contribution in [0, 0.1) is 5.92 Å². The van der Waals surface area contributed by atoms with Gasteiger partial charge in [0.25, 0.3) is 11.8 Å². The molecular weight excluding hydrogens is 699 g/mol. The lowest BCUT2D eigenvalue weighted by Crippen LogP contribution is -2.49. The highest BCUT2D eigenvalue weighted by Gasteiger charge is 2.33. The topological polar surface area (TPSA) is 223 Å². The molecule has 0 aliphatic rings. The lowest BCUT2D eigenvalue weighted by atomic mass is 9.90. The number of methoxy groups -OCH3 is 1. The molecule has 0 unspecified atom stereocenters. The van der Waals surface area contributed by atoms with Crippen molar-refractivity contribution in [1.29, 1.82) is 0 Å². The van der Waals surface area contributed by atoms with Crippen LogP contribution in [0.2, 0.25) is 0 Å². The monoisotopic (exact) mass is 744 g/mol. The molecule has 4 amide bonds. The molecule has 282 valence electrons. The molecule has 0 aliphatic heterocycles. The SMILES string of the molecule is CCCCC[C@@H](C(=O)NCNC(=O)c1ccc(-c2ccc(C(=O)NCP(=O)(O)O)c(OCC)c2)o1)[C@@H](CC)N(C=O)OC(=O)c1ccc(OC)cc1. The first-order valence-corrected chi connectivity index (χ1v) is 18.5. The zero-order chi connectivity index (χ0) is 38.3. The minimum atomic E-state index is -4.47. The van der Waals surface area contributed by atoms with Crippen LogP contribution in [-0.2, 0) is 19.0 Å². The highest BCUT2D eigenvalue weighted by molar-refractivity contribution is 7.51. The summed E-state index contributed by atoms with van der Waals surface area (Å²) in [5, 5.41) is 8.30. The number of hydroxylamine groups is 2. The van der Waals surface area contributed by atoms with Crippen LogP contribution < -0.4 is 25.4 Å². The number of rotatable bonds is 21. The van der Waals surface area contributed by atoms with Gasteiger partial charge in [-0.05, 0) is 68.3 Å². The third-order valence-electron chi connectivity index (χ3n) is 7.88. The summed E-state index contributed by atoms with van der Waals surface area (Å²) in [6.07, 6.45) is 2.63. The molecule has 2 atom stereocenters. The van der Waals surface area contributed by atoms with Crippen LogP contribution >= 0.6 is 7.60 Å². The Hall–Kier alpha value is -5.18. The number of benzene rings is 2. The second-order valence-electron chi connectivity index (χ2n) is 11.5. The molecule has 2 aromatic carbocycles. The molecule has 0 spiro atoms. The van der Waals surface area contributed by atoms with Crippen molar-refractivity contribution in [2.45, 2.75) is 58.9 Å². The Balaban J connectivity index is 1.67. The number of amides is 4. The molecule has 52 heavy (non-hydrogen) atoms. The number of nitrogens with zero attached hydrogens (tertiary/aromatic N) is 1. The third kappa shape index (κ3) is 12.0. The highest BCUT2D eigenvalue weighted by Crippen LogP contribution is 2.33. The number of ether oxygens (including phenoxy) is 2. The summed E-state index contributed by atoms with van der Waals surface area (Å²) in [7, 11) is -2.98. The number of hydrogen-bond acceptors (Lipinski definition) is 10. The molecule has 1 aromatic heterocycles. The molecule has 0 bridgehead atoms. The fraction of sp³-hybridized carbons (Fsp3) is 0.400. The molecule has 5 N–H and O–H groups in total. The van der Waals surface area contributed by atoms with Gasteiger partial charge in [-0.25, -0.2) is 4.79 Å². The van der Waals surface area contributed by atoms with E-state index in [1.807, 2.05) is 6.92 Å². The van der Waals surface area contributed by atoms with Gasteiger partial charge < -0.3 is 44.5 Å². The maximum Gasteiger partial charge on any atom is 0.363 e. The van der Waals surface area contributed by atoms with Gasteiger partial charge >= 0.3 is 13.6 Å². The van der Waals surface area contributed by atoms with Gasteiger partial charge in [0, 0.05) is 5.56 Å². The first kappa shape index (κ1) is 41.2. The van der Waals surface area contributed by atoms with Gasteiger partial charge in [-0.3, -0.25) is 23.7 Å². The van der Waals surface area contributed by atoms with Crippen LogP contribution in [0.25, 0.3) is 11.3 Å². The van der Waals surface area contributed by atoms with E-state index < -0.39 is 49.5 Å². The van der Waals surface area contributed by atoms with Crippen LogP contribution in [0.5, 0.6) is 11.5 Å². The second-order valence-corrected chi connectivity index (χ2v) is 13.2. The minimum absolute atomic E-state index is 0.0456. The summed E-state index contributed by atoms with van der Waals surface area (Å²) in [5.74, 6) is -2.52. The molecule has 16 nitrogen and oxygen atoms in total. The Bertz CT molecular complexity index is 1720. The smallest absolute Gasteiger partial charge is 0.363 e. The quantitative estimate of drug-likeness (QED) is 0.0340. The Morgan fingerprint density at radius 3 is 2.29 bits per heavy atom. The first-order chi connectivity index (χ1) is 24.8. The first-order valence-electron chi connectivity index (χ1n) is 16.7. The minimum Gasteiger partial charge on any atom is -0.497 e. The fourth-order valence-electron chi connectivity index (χ4n) is 5.25.